The van der Waals surface area contributed by atoms with Crippen LogP contribution in [0, 0.1) is 0 Å². The van der Waals surface area contributed by atoms with Crippen LogP contribution in [0.1, 0.15) is 44.2 Å². The van der Waals surface area contributed by atoms with Gasteiger partial charge in [0.25, 0.3) is 0 Å². The summed E-state index contributed by atoms with van der Waals surface area (Å²) in [5.41, 5.74) is 1.28. The Morgan fingerprint density at radius 3 is 2.62 bits per heavy atom. The number of methoxy groups -OCH3 is 1. The van der Waals surface area contributed by atoms with Gasteiger partial charge in [-0.25, -0.2) is 0 Å². The molecule has 32 heavy (non-hydrogen) atoms. The van der Waals surface area contributed by atoms with E-state index < -0.39 is 0 Å². The van der Waals surface area contributed by atoms with E-state index in [0.29, 0.717) is 0 Å². The highest BCUT2D eigenvalue weighted by Gasteiger charge is 2.23. The number of morpholine rings is 1. The molecule has 0 amide bonds. The van der Waals surface area contributed by atoms with E-state index in [9.17, 15) is 0 Å². The molecule has 0 saturated carbocycles. The lowest BCUT2D eigenvalue weighted by Crippen LogP contribution is -2.39. The molecule has 2 aliphatic rings. The predicted molar refractivity (Wildman–Crippen MR) is 142 cm³/mol. The molecule has 1 aromatic rings. The highest BCUT2D eigenvalue weighted by molar-refractivity contribution is 14.0. The number of unbranched alkanes of at least 4 members (excludes halogenated alkanes) is 1. The molecule has 0 aromatic heterocycles. The molecule has 2 heterocycles. The fourth-order valence-electron chi connectivity index (χ4n) is 4.35. The molecule has 182 valence electrons. The lowest BCUT2D eigenvalue weighted by molar-refractivity contribution is 0.0372. The third kappa shape index (κ3) is 9.03. The van der Waals surface area contributed by atoms with Gasteiger partial charge in [0, 0.05) is 26.2 Å². The van der Waals surface area contributed by atoms with Crippen molar-refractivity contribution in [3.63, 3.8) is 0 Å². The normalized spacial score (nSPS) is 18.8. The minimum absolute atomic E-state index is 0. The van der Waals surface area contributed by atoms with Gasteiger partial charge in [-0.1, -0.05) is 12.1 Å². The quantitative estimate of drug-likeness (QED) is 0.188. The van der Waals surface area contributed by atoms with Gasteiger partial charge in [-0.05, 0) is 69.9 Å². The van der Waals surface area contributed by atoms with Crippen LogP contribution in [-0.4, -0.2) is 88.4 Å². The van der Waals surface area contributed by atoms with Crippen LogP contribution in [0.2, 0.25) is 0 Å². The van der Waals surface area contributed by atoms with E-state index in [4.69, 9.17) is 14.5 Å². The molecule has 2 aliphatic heterocycles. The number of ether oxygens (including phenoxy) is 2. The number of nitrogens with zero attached hydrogens (tertiary/aromatic N) is 3. The molecule has 7 nitrogen and oxygen atoms in total. The number of nitrogens with one attached hydrogen (secondary N) is 2. The Kier molecular flexibility index (Phi) is 13.3. The first-order valence-electron chi connectivity index (χ1n) is 12.0. The van der Waals surface area contributed by atoms with E-state index in [1.165, 1.54) is 24.8 Å². The van der Waals surface area contributed by atoms with Crippen molar-refractivity contribution in [1.82, 2.24) is 20.4 Å². The minimum atomic E-state index is 0. The van der Waals surface area contributed by atoms with E-state index in [1.807, 2.05) is 6.07 Å². The summed E-state index contributed by atoms with van der Waals surface area (Å²) >= 11 is 0. The maximum atomic E-state index is 5.46. The Labute approximate surface area is 211 Å². The zero-order valence-electron chi connectivity index (χ0n) is 19.9. The zero-order chi connectivity index (χ0) is 21.7. The smallest absolute Gasteiger partial charge is 0.191 e. The number of benzene rings is 1. The van der Waals surface area contributed by atoms with Crippen LogP contribution in [0.3, 0.4) is 0 Å². The zero-order valence-corrected chi connectivity index (χ0v) is 22.2. The van der Waals surface area contributed by atoms with Crippen molar-refractivity contribution in [3.8, 4) is 5.75 Å². The van der Waals surface area contributed by atoms with Gasteiger partial charge in [-0.2, -0.15) is 0 Å². The number of hydrogen-bond donors (Lipinski definition) is 2. The highest BCUT2D eigenvalue weighted by atomic mass is 127. The Morgan fingerprint density at radius 2 is 1.91 bits per heavy atom. The predicted octanol–water partition coefficient (Wildman–Crippen LogP) is 3.12. The Balaban J connectivity index is 0.00000363. The molecule has 0 bridgehead atoms. The van der Waals surface area contributed by atoms with E-state index >= 15 is 0 Å². The molecule has 0 spiro atoms. The Hall–Kier alpha value is -1.10. The summed E-state index contributed by atoms with van der Waals surface area (Å²) in [5.74, 6) is 1.83. The first-order chi connectivity index (χ1) is 15.3. The van der Waals surface area contributed by atoms with Crippen molar-refractivity contribution in [2.75, 3.05) is 72.7 Å². The van der Waals surface area contributed by atoms with Crippen LogP contribution >= 0.6 is 24.0 Å². The molecule has 2 N–H and O–H groups in total. The van der Waals surface area contributed by atoms with Gasteiger partial charge in [0.1, 0.15) is 5.75 Å². The van der Waals surface area contributed by atoms with Crippen molar-refractivity contribution >= 4 is 29.9 Å². The second-order valence-electron chi connectivity index (χ2n) is 8.34. The molecule has 3 rings (SSSR count). The summed E-state index contributed by atoms with van der Waals surface area (Å²) in [6.07, 6.45) is 4.89. The molecule has 1 aromatic carbocycles. The van der Waals surface area contributed by atoms with Gasteiger partial charge >= 0.3 is 0 Å². The maximum Gasteiger partial charge on any atom is 0.191 e. The van der Waals surface area contributed by atoms with E-state index in [2.05, 4.69) is 45.6 Å². The van der Waals surface area contributed by atoms with Gasteiger partial charge < -0.3 is 20.1 Å². The molecule has 2 fully saturated rings. The number of aliphatic imine (C=N–C) groups is 1. The number of halogens is 1. The van der Waals surface area contributed by atoms with E-state index in [1.54, 1.807) is 7.11 Å². The fourth-order valence-corrected chi connectivity index (χ4v) is 4.35. The molecule has 1 atom stereocenters. The summed E-state index contributed by atoms with van der Waals surface area (Å²) in [4.78, 5) is 10.0. The van der Waals surface area contributed by atoms with Gasteiger partial charge in [0.2, 0.25) is 0 Å². The standard InChI is InChI=1S/C24H41N5O2.HI/c1-3-25-24(26-11-4-5-12-28-15-17-31-18-16-28)27-20-23(29-13-6-7-14-29)21-9-8-10-22(19-21)30-2;/h8-10,19,23H,3-7,11-18,20H2,1-2H3,(H2,25,26,27);1H. The topological polar surface area (TPSA) is 61.4 Å². The van der Waals surface area contributed by atoms with Crippen LogP contribution in [-0.2, 0) is 4.74 Å². The van der Waals surface area contributed by atoms with Crippen LogP contribution in [0.15, 0.2) is 29.3 Å². The number of rotatable bonds is 11. The van der Waals surface area contributed by atoms with Crippen LogP contribution < -0.4 is 15.4 Å². The van der Waals surface area contributed by atoms with Crippen LogP contribution in [0.4, 0.5) is 0 Å². The van der Waals surface area contributed by atoms with Crippen LogP contribution in [0.25, 0.3) is 0 Å². The molecule has 8 heteroatoms. The number of guanidine groups is 1. The van der Waals surface area contributed by atoms with Gasteiger partial charge in [-0.15, -0.1) is 24.0 Å². The second kappa shape index (κ2) is 15.7. The molecule has 1 unspecified atom stereocenters. The molecule has 0 radical (unpaired) electrons. The SMILES string of the molecule is CCNC(=NCC(c1cccc(OC)c1)N1CCCC1)NCCCCN1CCOCC1.I. The summed E-state index contributed by atoms with van der Waals surface area (Å²) in [5, 5.41) is 6.94. The number of likely N-dealkylation sites (tertiary alicyclic amines) is 1. The average Bonchev–Trinajstić information content (AvgIpc) is 3.34. The minimum Gasteiger partial charge on any atom is -0.497 e. The second-order valence-corrected chi connectivity index (χ2v) is 8.34. The molecular weight excluding hydrogens is 517 g/mol. The third-order valence-corrected chi connectivity index (χ3v) is 6.12. The van der Waals surface area contributed by atoms with Crippen molar-refractivity contribution in [2.24, 2.45) is 4.99 Å². The van der Waals surface area contributed by atoms with Crippen molar-refractivity contribution in [3.05, 3.63) is 29.8 Å². The summed E-state index contributed by atoms with van der Waals surface area (Å²) in [6.45, 7) is 12.0. The van der Waals surface area contributed by atoms with E-state index in [0.717, 1.165) is 83.7 Å². The third-order valence-electron chi connectivity index (χ3n) is 6.12. The monoisotopic (exact) mass is 559 g/mol. The molecule has 0 aliphatic carbocycles. The largest absolute Gasteiger partial charge is 0.497 e. The van der Waals surface area contributed by atoms with E-state index in [-0.39, 0.29) is 30.0 Å². The summed E-state index contributed by atoms with van der Waals surface area (Å²) in [7, 11) is 1.73. The lowest BCUT2D eigenvalue weighted by Gasteiger charge is -2.27. The molecular formula is C24H42IN5O2. The maximum absolute atomic E-state index is 5.46. The molecule has 2 saturated heterocycles. The van der Waals surface area contributed by atoms with Gasteiger partial charge in [0.05, 0.1) is 32.9 Å². The Bertz CT molecular complexity index is 664. The summed E-state index contributed by atoms with van der Waals surface area (Å²) in [6, 6.07) is 8.74. The van der Waals surface area contributed by atoms with Crippen molar-refractivity contribution < 1.29 is 9.47 Å². The lowest BCUT2D eigenvalue weighted by atomic mass is 10.1. The van der Waals surface area contributed by atoms with Gasteiger partial charge in [0.15, 0.2) is 5.96 Å². The first kappa shape index (κ1) is 27.1. The number of hydrogen-bond acceptors (Lipinski definition) is 5. The van der Waals surface area contributed by atoms with Crippen molar-refractivity contribution in [1.29, 1.82) is 0 Å². The Morgan fingerprint density at radius 1 is 1.12 bits per heavy atom. The summed E-state index contributed by atoms with van der Waals surface area (Å²) < 4.78 is 10.9. The highest BCUT2D eigenvalue weighted by Crippen LogP contribution is 2.27. The van der Waals surface area contributed by atoms with Gasteiger partial charge in [-0.3, -0.25) is 14.8 Å². The average molecular weight is 560 g/mol. The van der Waals surface area contributed by atoms with Crippen LogP contribution in [0.5, 0.6) is 5.75 Å². The first-order valence-corrected chi connectivity index (χ1v) is 12.0. The van der Waals surface area contributed by atoms with Crippen molar-refractivity contribution in [2.45, 2.75) is 38.6 Å². The fraction of sp³-hybridized carbons (Fsp3) is 0.708.